The fraction of sp³-hybridized carbons (Fsp3) is 0.143. The van der Waals surface area contributed by atoms with Crippen LogP contribution in [0.1, 0.15) is 0 Å². The van der Waals surface area contributed by atoms with Crippen LogP contribution in [0.25, 0.3) is 11.1 Å². The lowest BCUT2D eigenvalue weighted by Gasteiger charge is -2.16. The Kier molecular flexibility index (Phi) is 4.20. The molecule has 2 nitrogen and oxygen atoms in total. The van der Waals surface area contributed by atoms with Gasteiger partial charge in [0.15, 0.2) is 11.5 Å². The average Bonchev–Trinajstić information content (AvgIpc) is 2.38. The first kappa shape index (κ1) is 16.0. The average molecular weight is 321 g/mol. The number of hydrogen-bond donors (Lipinski definition) is 0. The van der Waals surface area contributed by atoms with E-state index in [1.165, 1.54) is 12.1 Å². The van der Waals surface area contributed by atoms with Gasteiger partial charge >= 0.3 is 12.7 Å². The van der Waals surface area contributed by atoms with E-state index in [1.807, 2.05) is 0 Å². The molecule has 2 aromatic carbocycles. The lowest BCUT2D eigenvalue weighted by molar-refractivity contribution is -0.287. The molecule has 0 N–H and O–H groups in total. The summed E-state index contributed by atoms with van der Waals surface area (Å²) in [5.41, 5.74) is 0.693. The van der Waals surface area contributed by atoms with Crippen molar-refractivity contribution >= 4 is 0 Å². The van der Waals surface area contributed by atoms with E-state index in [2.05, 4.69) is 15.5 Å². The lowest BCUT2D eigenvalue weighted by atomic mass is 10.1. The van der Waals surface area contributed by atoms with Crippen molar-refractivity contribution in [3.8, 4) is 22.6 Å². The summed E-state index contributed by atoms with van der Waals surface area (Å²) in [4.78, 5) is 0. The number of alkyl halides is 6. The molecular formula is C14H7F6O2. The van der Waals surface area contributed by atoms with Crippen molar-refractivity contribution in [2.24, 2.45) is 0 Å². The predicted molar refractivity (Wildman–Crippen MR) is 64.1 cm³/mol. The quantitative estimate of drug-likeness (QED) is 0.745. The summed E-state index contributed by atoms with van der Waals surface area (Å²) in [6, 6.07) is 11.7. The Balaban J connectivity index is 2.43. The van der Waals surface area contributed by atoms with Crippen LogP contribution in [0.3, 0.4) is 0 Å². The van der Waals surface area contributed by atoms with Gasteiger partial charge in [-0.1, -0.05) is 24.3 Å². The van der Waals surface area contributed by atoms with Crippen molar-refractivity contribution in [1.29, 1.82) is 0 Å². The molecule has 0 aliphatic rings. The molecule has 0 saturated carbocycles. The third-order valence-corrected chi connectivity index (χ3v) is 2.44. The number of rotatable bonds is 3. The second-order valence-electron chi connectivity index (χ2n) is 4.05. The van der Waals surface area contributed by atoms with Crippen molar-refractivity contribution in [3.63, 3.8) is 0 Å². The van der Waals surface area contributed by atoms with Crippen LogP contribution < -0.4 is 9.47 Å². The molecule has 2 rings (SSSR count). The number of ether oxygens (including phenoxy) is 2. The molecule has 0 aromatic heterocycles. The summed E-state index contributed by atoms with van der Waals surface area (Å²) in [7, 11) is 0. The maximum absolute atomic E-state index is 12.3. The maximum Gasteiger partial charge on any atom is 0.573 e. The Morgan fingerprint density at radius 3 is 1.95 bits per heavy atom. The van der Waals surface area contributed by atoms with E-state index in [-0.39, 0.29) is 5.56 Å². The fourth-order valence-corrected chi connectivity index (χ4v) is 1.67. The first-order chi connectivity index (χ1) is 10.1. The van der Waals surface area contributed by atoms with E-state index >= 15 is 0 Å². The Labute approximate surface area is 120 Å². The highest BCUT2D eigenvalue weighted by atomic mass is 19.4. The van der Waals surface area contributed by atoms with Gasteiger partial charge in [-0.25, -0.2) is 0 Å². The Morgan fingerprint density at radius 1 is 0.773 bits per heavy atom. The van der Waals surface area contributed by atoms with Crippen molar-refractivity contribution in [2.75, 3.05) is 0 Å². The molecule has 0 aliphatic heterocycles. The smallest absolute Gasteiger partial charge is 0.402 e. The Morgan fingerprint density at radius 2 is 1.41 bits per heavy atom. The second-order valence-corrected chi connectivity index (χ2v) is 4.05. The highest BCUT2D eigenvalue weighted by Crippen LogP contribution is 2.38. The topological polar surface area (TPSA) is 18.5 Å². The van der Waals surface area contributed by atoms with Crippen LogP contribution in [-0.2, 0) is 0 Å². The van der Waals surface area contributed by atoms with Crippen LogP contribution in [0.4, 0.5) is 26.3 Å². The molecule has 0 spiro atoms. The zero-order valence-electron chi connectivity index (χ0n) is 10.6. The van der Waals surface area contributed by atoms with Gasteiger partial charge in [0, 0.05) is 0 Å². The van der Waals surface area contributed by atoms with Crippen LogP contribution in [-0.4, -0.2) is 12.7 Å². The summed E-state index contributed by atoms with van der Waals surface area (Å²) in [6.07, 6.45) is -10.3. The highest BCUT2D eigenvalue weighted by molar-refractivity contribution is 5.67. The summed E-state index contributed by atoms with van der Waals surface area (Å²) >= 11 is 0. The van der Waals surface area contributed by atoms with Gasteiger partial charge in [-0.15, -0.1) is 26.3 Å². The van der Waals surface area contributed by atoms with Crippen molar-refractivity contribution < 1.29 is 35.8 Å². The molecule has 117 valence electrons. The van der Waals surface area contributed by atoms with Gasteiger partial charge in [-0.3, -0.25) is 0 Å². The number of hydrogen-bond acceptors (Lipinski definition) is 2. The summed E-state index contributed by atoms with van der Waals surface area (Å²) < 4.78 is 80.8. The molecule has 0 bridgehead atoms. The zero-order valence-corrected chi connectivity index (χ0v) is 10.6. The van der Waals surface area contributed by atoms with Gasteiger partial charge in [0.25, 0.3) is 0 Å². The Bertz CT molecular complexity index is 634. The molecule has 0 unspecified atom stereocenters. The SMILES string of the molecule is FC(F)(F)Oc1ccc(-c2c[c]ccc2)cc1OC(F)(F)F. The second kappa shape index (κ2) is 5.78. The van der Waals surface area contributed by atoms with Crippen LogP contribution >= 0.6 is 0 Å². The molecule has 0 fully saturated rings. The third kappa shape index (κ3) is 4.57. The van der Waals surface area contributed by atoms with Crippen molar-refractivity contribution in [1.82, 2.24) is 0 Å². The third-order valence-electron chi connectivity index (χ3n) is 2.44. The lowest BCUT2D eigenvalue weighted by Crippen LogP contribution is -2.21. The minimum absolute atomic E-state index is 0.227. The standard InChI is InChI=1S/C14H7F6O2/c15-13(16,17)21-11-7-6-10(9-4-2-1-3-5-9)8-12(11)22-14(18,19)20/h1-2,4-8H. The highest BCUT2D eigenvalue weighted by Gasteiger charge is 2.36. The molecular weight excluding hydrogens is 314 g/mol. The van der Waals surface area contributed by atoms with Gasteiger partial charge in [-0.05, 0) is 35.4 Å². The monoisotopic (exact) mass is 321 g/mol. The first-order valence-electron chi connectivity index (χ1n) is 5.76. The van der Waals surface area contributed by atoms with Crippen LogP contribution in [0, 0.1) is 6.07 Å². The summed E-state index contributed by atoms with van der Waals surface area (Å²) in [5, 5.41) is 0. The van der Waals surface area contributed by atoms with Crippen LogP contribution in [0.5, 0.6) is 11.5 Å². The van der Waals surface area contributed by atoms with Gasteiger partial charge in [0.2, 0.25) is 0 Å². The number of benzene rings is 2. The largest absolute Gasteiger partial charge is 0.573 e. The molecule has 0 aliphatic carbocycles. The molecule has 2 aromatic rings. The van der Waals surface area contributed by atoms with E-state index in [9.17, 15) is 26.3 Å². The first-order valence-corrected chi connectivity index (χ1v) is 5.76. The maximum atomic E-state index is 12.3. The van der Waals surface area contributed by atoms with Gasteiger partial charge in [0.1, 0.15) is 0 Å². The van der Waals surface area contributed by atoms with Gasteiger partial charge in [0.05, 0.1) is 0 Å². The minimum Gasteiger partial charge on any atom is -0.402 e. The zero-order chi connectivity index (χ0) is 16.4. The minimum atomic E-state index is -5.15. The van der Waals surface area contributed by atoms with E-state index in [0.29, 0.717) is 5.56 Å². The van der Waals surface area contributed by atoms with E-state index in [0.717, 1.165) is 12.1 Å². The van der Waals surface area contributed by atoms with Crippen molar-refractivity contribution in [2.45, 2.75) is 12.7 Å². The Hall–Kier alpha value is -2.38. The van der Waals surface area contributed by atoms with Crippen LogP contribution in [0.2, 0.25) is 0 Å². The van der Waals surface area contributed by atoms with Gasteiger partial charge < -0.3 is 9.47 Å². The normalized spacial score (nSPS) is 12.1. The van der Waals surface area contributed by atoms with E-state index in [4.69, 9.17) is 0 Å². The van der Waals surface area contributed by atoms with E-state index < -0.39 is 24.2 Å². The molecule has 0 amide bonds. The molecule has 0 saturated heterocycles. The molecule has 0 atom stereocenters. The fourth-order valence-electron chi connectivity index (χ4n) is 1.67. The molecule has 22 heavy (non-hydrogen) atoms. The molecule has 1 radical (unpaired) electrons. The molecule has 0 heterocycles. The van der Waals surface area contributed by atoms with Crippen LogP contribution in [0.15, 0.2) is 42.5 Å². The molecule has 8 heteroatoms. The summed E-state index contributed by atoms with van der Waals surface area (Å²) in [6.45, 7) is 0. The predicted octanol–water partition coefficient (Wildman–Crippen LogP) is 4.95. The van der Waals surface area contributed by atoms with E-state index in [1.54, 1.807) is 18.2 Å². The van der Waals surface area contributed by atoms with Gasteiger partial charge in [-0.2, -0.15) is 0 Å². The number of halogens is 6. The van der Waals surface area contributed by atoms with Crippen molar-refractivity contribution in [3.05, 3.63) is 48.5 Å². The summed E-state index contributed by atoms with van der Waals surface area (Å²) in [5.74, 6) is -2.15.